The van der Waals surface area contributed by atoms with Crippen molar-refractivity contribution in [2.45, 2.75) is 90.8 Å². The molecule has 0 aromatic heterocycles. The van der Waals surface area contributed by atoms with Gasteiger partial charge in [-0.15, -0.1) is 0 Å². The Labute approximate surface area is 228 Å². The van der Waals surface area contributed by atoms with Crippen LogP contribution in [0.1, 0.15) is 80.2 Å². The number of ether oxygens (including phenoxy) is 1. The zero-order valence-electron chi connectivity index (χ0n) is 23.7. The molecular formula is C32H44N2O4. The van der Waals surface area contributed by atoms with Crippen LogP contribution in [0.5, 0.6) is 0 Å². The molecule has 206 valence electrons. The summed E-state index contributed by atoms with van der Waals surface area (Å²) in [7, 11) is 0. The van der Waals surface area contributed by atoms with Gasteiger partial charge >= 0.3 is 6.09 Å². The highest BCUT2D eigenvalue weighted by Gasteiger charge is 2.43. The van der Waals surface area contributed by atoms with Crippen LogP contribution in [0.2, 0.25) is 0 Å². The largest absolute Gasteiger partial charge is 0.444 e. The third kappa shape index (κ3) is 6.96. The summed E-state index contributed by atoms with van der Waals surface area (Å²) in [4.78, 5) is 31.2. The molecule has 1 heterocycles. The van der Waals surface area contributed by atoms with Crippen molar-refractivity contribution in [3.05, 3.63) is 70.3 Å². The normalized spacial score (nSPS) is 19.8. The summed E-state index contributed by atoms with van der Waals surface area (Å²) in [6, 6.07) is 15.1. The van der Waals surface area contributed by atoms with Crippen molar-refractivity contribution in [1.82, 2.24) is 9.80 Å². The molecule has 2 amide bonds. The van der Waals surface area contributed by atoms with Crippen molar-refractivity contribution in [3.8, 4) is 0 Å². The molecule has 1 saturated heterocycles. The van der Waals surface area contributed by atoms with Gasteiger partial charge in [0.15, 0.2) is 0 Å². The second-order valence-electron chi connectivity index (χ2n) is 12.1. The summed E-state index contributed by atoms with van der Waals surface area (Å²) in [5, 5.41) is 9.18. The zero-order valence-corrected chi connectivity index (χ0v) is 23.7. The lowest BCUT2D eigenvalue weighted by Crippen LogP contribution is -2.51. The maximum Gasteiger partial charge on any atom is 0.410 e. The van der Waals surface area contributed by atoms with Crippen molar-refractivity contribution in [3.63, 3.8) is 0 Å². The average Bonchev–Trinajstić information content (AvgIpc) is 3.72. The van der Waals surface area contributed by atoms with E-state index in [1.54, 1.807) is 4.90 Å². The number of likely N-dealkylation sites (tertiary alicyclic amines) is 1. The monoisotopic (exact) mass is 520 g/mol. The lowest BCUT2D eigenvalue weighted by Gasteiger charge is -2.40. The van der Waals surface area contributed by atoms with Crippen molar-refractivity contribution in [1.29, 1.82) is 0 Å². The van der Waals surface area contributed by atoms with Gasteiger partial charge in [0.05, 0.1) is 5.92 Å². The van der Waals surface area contributed by atoms with E-state index in [0.717, 1.165) is 31.2 Å². The van der Waals surface area contributed by atoms with Gasteiger partial charge in [-0.05, 0) is 100 Å². The Hall–Kier alpha value is -2.86. The highest BCUT2D eigenvalue weighted by Crippen LogP contribution is 2.38. The lowest BCUT2D eigenvalue weighted by atomic mass is 9.79. The molecule has 4 rings (SSSR count). The van der Waals surface area contributed by atoms with E-state index >= 15 is 0 Å². The maximum absolute atomic E-state index is 14.3. The van der Waals surface area contributed by atoms with Gasteiger partial charge in [0.25, 0.3) is 0 Å². The van der Waals surface area contributed by atoms with Gasteiger partial charge < -0.3 is 19.6 Å². The summed E-state index contributed by atoms with van der Waals surface area (Å²) in [5.74, 6) is -0.158. The van der Waals surface area contributed by atoms with E-state index in [-0.39, 0.29) is 36.5 Å². The fourth-order valence-corrected chi connectivity index (χ4v) is 5.46. The number of carbonyl (C=O) groups is 2. The molecule has 0 bridgehead atoms. The van der Waals surface area contributed by atoms with Crippen LogP contribution in [-0.2, 0) is 22.5 Å². The molecule has 2 aromatic carbocycles. The third-order valence-electron chi connectivity index (χ3n) is 7.94. The predicted octanol–water partition coefficient (Wildman–Crippen LogP) is 5.76. The number of hydrogen-bond acceptors (Lipinski definition) is 4. The van der Waals surface area contributed by atoms with E-state index in [9.17, 15) is 14.7 Å². The Balaban J connectivity index is 1.61. The van der Waals surface area contributed by atoms with Crippen LogP contribution in [0.25, 0.3) is 0 Å². The molecule has 6 nitrogen and oxygen atoms in total. The zero-order chi connectivity index (χ0) is 27.4. The summed E-state index contributed by atoms with van der Waals surface area (Å²) < 4.78 is 5.69. The minimum absolute atomic E-state index is 0.0351. The van der Waals surface area contributed by atoms with E-state index < -0.39 is 5.60 Å². The average molecular weight is 521 g/mol. The van der Waals surface area contributed by atoms with Crippen molar-refractivity contribution in [2.75, 3.05) is 19.7 Å². The third-order valence-corrected chi connectivity index (χ3v) is 7.94. The molecule has 6 heteroatoms. The molecule has 1 aliphatic carbocycles. The van der Waals surface area contributed by atoms with Crippen molar-refractivity contribution < 1.29 is 19.4 Å². The van der Waals surface area contributed by atoms with E-state index in [4.69, 9.17) is 4.74 Å². The molecule has 1 aliphatic heterocycles. The van der Waals surface area contributed by atoms with E-state index in [1.165, 1.54) is 22.3 Å². The first-order valence-electron chi connectivity index (χ1n) is 14.1. The van der Waals surface area contributed by atoms with Crippen LogP contribution in [-0.4, -0.2) is 58.2 Å². The minimum atomic E-state index is -0.583. The fourth-order valence-electron chi connectivity index (χ4n) is 5.46. The molecule has 2 fully saturated rings. The van der Waals surface area contributed by atoms with Gasteiger partial charge in [0, 0.05) is 32.3 Å². The molecule has 1 saturated carbocycles. The highest BCUT2D eigenvalue weighted by atomic mass is 16.6. The Morgan fingerprint density at radius 2 is 1.76 bits per heavy atom. The van der Waals surface area contributed by atoms with Crippen LogP contribution in [0.15, 0.2) is 42.5 Å². The number of aliphatic hydroxyl groups excluding tert-OH is 1. The first kappa shape index (κ1) is 28.2. The first-order valence-corrected chi connectivity index (χ1v) is 14.1. The number of nitrogens with zero attached hydrogens (tertiary/aromatic N) is 2. The maximum atomic E-state index is 14.3. The van der Waals surface area contributed by atoms with Gasteiger partial charge in [-0.1, -0.05) is 42.5 Å². The Morgan fingerprint density at radius 1 is 1.05 bits per heavy atom. The topological polar surface area (TPSA) is 70.1 Å². The molecule has 2 aliphatic rings. The quantitative estimate of drug-likeness (QED) is 0.480. The summed E-state index contributed by atoms with van der Waals surface area (Å²) >= 11 is 0. The van der Waals surface area contributed by atoms with Gasteiger partial charge in [0.2, 0.25) is 5.91 Å². The van der Waals surface area contributed by atoms with E-state index in [2.05, 4.69) is 61.2 Å². The lowest BCUT2D eigenvalue weighted by molar-refractivity contribution is -0.139. The second kappa shape index (κ2) is 11.9. The molecule has 0 radical (unpaired) electrons. The Bertz CT molecular complexity index is 1120. The molecule has 38 heavy (non-hydrogen) atoms. The number of benzene rings is 2. The van der Waals surface area contributed by atoms with Crippen molar-refractivity contribution in [2.24, 2.45) is 5.92 Å². The molecule has 0 spiro atoms. The van der Waals surface area contributed by atoms with Crippen LogP contribution in [0.4, 0.5) is 4.79 Å². The van der Waals surface area contributed by atoms with E-state index in [0.29, 0.717) is 26.1 Å². The SMILES string of the molecule is Cc1cccc(CN(C(=O)C2CN(C(=O)OC(C)(C)C)CCC2c2ccc(CCCO)cc2)C2CC2)c1C. The number of carbonyl (C=O) groups excluding carboxylic acids is 2. The van der Waals surface area contributed by atoms with Gasteiger partial charge in [0.1, 0.15) is 5.60 Å². The van der Waals surface area contributed by atoms with Gasteiger partial charge in [-0.2, -0.15) is 0 Å². The number of aryl methyl sites for hydroxylation is 2. The summed E-state index contributed by atoms with van der Waals surface area (Å²) in [5.41, 5.74) is 5.41. The summed E-state index contributed by atoms with van der Waals surface area (Å²) in [6.07, 6.45) is 4.01. The van der Waals surface area contributed by atoms with E-state index in [1.807, 2.05) is 20.8 Å². The number of hydrogen-bond donors (Lipinski definition) is 1. The molecule has 2 aromatic rings. The molecule has 2 atom stereocenters. The standard InChI is InChI=1S/C32H44N2O4/c1-22-8-6-10-26(23(22)2)20-34(27-15-16-27)30(36)29-21-33(31(37)38-32(3,4)5)18-17-28(29)25-13-11-24(12-14-25)9-7-19-35/h6,8,10-14,27-29,35H,7,9,15-21H2,1-5H3. The van der Waals surface area contributed by atoms with Crippen LogP contribution >= 0.6 is 0 Å². The molecule has 1 N–H and O–H groups in total. The summed E-state index contributed by atoms with van der Waals surface area (Å²) in [6.45, 7) is 11.6. The van der Waals surface area contributed by atoms with Crippen molar-refractivity contribution >= 4 is 12.0 Å². The Kier molecular flexibility index (Phi) is 8.81. The predicted molar refractivity (Wildman–Crippen MR) is 150 cm³/mol. The number of piperidine rings is 1. The van der Waals surface area contributed by atoms with Gasteiger partial charge in [-0.25, -0.2) is 4.79 Å². The van der Waals surface area contributed by atoms with Gasteiger partial charge in [-0.3, -0.25) is 4.79 Å². The second-order valence-corrected chi connectivity index (χ2v) is 12.1. The molecule has 2 unspecified atom stereocenters. The molecular weight excluding hydrogens is 476 g/mol. The number of amides is 2. The minimum Gasteiger partial charge on any atom is -0.444 e. The Morgan fingerprint density at radius 3 is 2.39 bits per heavy atom. The smallest absolute Gasteiger partial charge is 0.410 e. The van der Waals surface area contributed by atoms with Crippen LogP contribution in [0.3, 0.4) is 0 Å². The van der Waals surface area contributed by atoms with Crippen LogP contribution in [0, 0.1) is 19.8 Å². The fraction of sp³-hybridized carbons (Fsp3) is 0.562. The number of aliphatic hydroxyl groups is 1. The number of rotatable bonds is 8. The highest BCUT2D eigenvalue weighted by molar-refractivity contribution is 5.82. The van der Waals surface area contributed by atoms with Crippen LogP contribution < -0.4 is 0 Å². The first-order chi connectivity index (χ1) is 18.1.